The summed E-state index contributed by atoms with van der Waals surface area (Å²) in [5, 5.41) is 0. The minimum absolute atomic E-state index is 0.133. The maximum atomic E-state index is 11.4. The van der Waals surface area contributed by atoms with Gasteiger partial charge >= 0.3 is 0 Å². The second-order valence-corrected chi connectivity index (χ2v) is 3.08. The van der Waals surface area contributed by atoms with Crippen LogP contribution >= 0.6 is 0 Å². The van der Waals surface area contributed by atoms with Crippen LogP contribution in [0.25, 0.3) is 0 Å². The second kappa shape index (κ2) is 3.05. The van der Waals surface area contributed by atoms with Gasteiger partial charge in [-0.05, 0) is 18.1 Å². The normalized spacial score (nSPS) is 15.4. The number of amides is 1. The highest BCUT2D eigenvalue weighted by molar-refractivity contribution is 5.97. The predicted molar refractivity (Wildman–Crippen MR) is 52.4 cm³/mol. The number of hydrogen-bond acceptors (Lipinski definition) is 1. The molecule has 0 fully saturated rings. The number of carbonyl (C=O) groups excluding carboxylic acids is 1. The summed E-state index contributed by atoms with van der Waals surface area (Å²) in [6.45, 7) is 3.64. The van der Waals surface area contributed by atoms with E-state index in [1.807, 2.05) is 18.2 Å². The molecule has 2 heteroatoms. The topological polar surface area (TPSA) is 20.3 Å². The van der Waals surface area contributed by atoms with Crippen molar-refractivity contribution in [2.45, 2.75) is 12.8 Å². The first-order valence-corrected chi connectivity index (χ1v) is 4.35. The molecule has 0 bridgehead atoms. The van der Waals surface area contributed by atoms with Crippen LogP contribution in [-0.4, -0.2) is 5.91 Å². The van der Waals surface area contributed by atoms with Gasteiger partial charge in [0.2, 0.25) is 5.91 Å². The Morgan fingerprint density at radius 1 is 1.31 bits per heavy atom. The van der Waals surface area contributed by atoms with E-state index < -0.39 is 0 Å². The van der Waals surface area contributed by atoms with Crippen molar-refractivity contribution < 1.29 is 4.79 Å². The third-order valence-electron chi connectivity index (χ3n) is 2.31. The van der Waals surface area contributed by atoms with Crippen LogP contribution in [-0.2, 0) is 11.2 Å². The number of fused-ring (bicyclic) bond motifs is 1. The molecule has 0 atom stereocenters. The van der Waals surface area contributed by atoms with Crippen molar-refractivity contribution in [1.29, 1.82) is 0 Å². The molecule has 1 amide bonds. The quantitative estimate of drug-likeness (QED) is 0.637. The van der Waals surface area contributed by atoms with Crippen LogP contribution in [0.3, 0.4) is 0 Å². The summed E-state index contributed by atoms with van der Waals surface area (Å²) in [4.78, 5) is 13.1. The van der Waals surface area contributed by atoms with Crippen LogP contribution in [0.1, 0.15) is 12.0 Å². The summed E-state index contributed by atoms with van der Waals surface area (Å²) in [5.41, 5.74) is 2.20. The molecule has 0 radical (unpaired) electrons. The Hall–Kier alpha value is -1.57. The molecule has 1 aromatic carbocycles. The lowest BCUT2D eigenvalue weighted by molar-refractivity contribution is -0.118. The van der Waals surface area contributed by atoms with Gasteiger partial charge in [-0.25, -0.2) is 0 Å². The number of para-hydroxylation sites is 1. The second-order valence-electron chi connectivity index (χ2n) is 3.08. The molecule has 1 aliphatic heterocycles. The van der Waals surface area contributed by atoms with E-state index in [9.17, 15) is 4.79 Å². The molecule has 1 heterocycles. The lowest BCUT2D eigenvalue weighted by Gasteiger charge is -2.25. The van der Waals surface area contributed by atoms with E-state index in [1.165, 1.54) is 5.56 Å². The number of benzene rings is 1. The molecule has 0 saturated heterocycles. The number of nitrogens with zero attached hydrogens (tertiary/aromatic N) is 1. The van der Waals surface area contributed by atoms with Crippen LogP contribution in [0.4, 0.5) is 5.69 Å². The number of aryl methyl sites for hydroxylation is 1. The zero-order valence-corrected chi connectivity index (χ0v) is 7.36. The minimum Gasteiger partial charge on any atom is -0.288 e. The third kappa shape index (κ3) is 1.24. The summed E-state index contributed by atoms with van der Waals surface area (Å²) in [7, 11) is 0. The van der Waals surface area contributed by atoms with Gasteiger partial charge in [0.15, 0.2) is 0 Å². The first-order chi connectivity index (χ1) is 6.33. The lowest BCUT2D eigenvalue weighted by Crippen LogP contribution is -2.29. The molecule has 0 N–H and O–H groups in total. The first-order valence-electron chi connectivity index (χ1n) is 4.35. The first kappa shape index (κ1) is 8.05. The Kier molecular flexibility index (Phi) is 1.89. The average molecular weight is 173 g/mol. The van der Waals surface area contributed by atoms with Crippen molar-refractivity contribution in [3.63, 3.8) is 0 Å². The van der Waals surface area contributed by atoms with Crippen LogP contribution < -0.4 is 4.90 Å². The van der Waals surface area contributed by atoms with E-state index in [1.54, 1.807) is 11.1 Å². The average Bonchev–Trinajstić information content (AvgIpc) is 2.18. The molecule has 0 saturated carbocycles. The van der Waals surface area contributed by atoms with E-state index in [0.717, 1.165) is 12.1 Å². The molecule has 0 unspecified atom stereocenters. The fourth-order valence-corrected chi connectivity index (χ4v) is 1.65. The molecule has 1 aromatic rings. The summed E-state index contributed by atoms with van der Waals surface area (Å²) in [6.07, 6.45) is 3.02. The number of rotatable bonds is 1. The van der Waals surface area contributed by atoms with E-state index >= 15 is 0 Å². The van der Waals surface area contributed by atoms with E-state index in [4.69, 9.17) is 0 Å². The van der Waals surface area contributed by atoms with Gasteiger partial charge in [0, 0.05) is 12.6 Å². The summed E-state index contributed by atoms with van der Waals surface area (Å²) in [5.74, 6) is 0.133. The molecule has 2 rings (SSSR count). The summed E-state index contributed by atoms with van der Waals surface area (Å²) < 4.78 is 0. The highest BCUT2D eigenvalue weighted by Gasteiger charge is 2.20. The third-order valence-corrected chi connectivity index (χ3v) is 2.31. The van der Waals surface area contributed by atoms with Gasteiger partial charge in [0.25, 0.3) is 0 Å². The maximum absolute atomic E-state index is 11.4. The lowest BCUT2D eigenvalue weighted by atomic mass is 10.0. The molecule has 13 heavy (non-hydrogen) atoms. The summed E-state index contributed by atoms with van der Waals surface area (Å²) >= 11 is 0. The van der Waals surface area contributed by atoms with Crippen molar-refractivity contribution in [1.82, 2.24) is 0 Å². The number of anilines is 1. The molecule has 1 aliphatic rings. The molecule has 0 aliphatic carbocycles. The molecule has 0 spiro atoms. The van der Waals surface area contributed by atoms with Gasteiger partial charge in [-0.3, -0.25) is 9.69 Å². The van der Waals surface area contributed by atoms with Crippen LogP contribution in [0.15, 0.2) is 37.0 Å². The minimum atomic E-state index is 0.133. The van der Waals surface area contributed by atoms with Crippen molar-refractivity contribution in [2.24, 2.45) is 0 Å². The summed E-state index contributed by atoms with van der Waals surface area (Å²) in [6, 6.07) is 7.94. The highest BCUT2D eigenvalue weighted by atomic mass is 16.2. The maximum Gasteiger partial charge on any atom is 0.231 e. The van der Waals surface area contributed by atoms with Gasteiger partial charge in [0.1, 0.15) is 0 Å². The monoisotopic (exact) mass is 173 g/mol. The Morgan fingerprint density at radius 2 is 2.08 bits per heavy atom. The molecular weight excluding hydrogens is 162 g/mol. The van der Waals surface area contributed by atoms with Gasteiger partial charge in [-0.2, -0.15) is 0 Å². The van der Waals surface area contributed by atoms with Gasteiger partial charge in [0.05, 0.1) is 5.69 Å². The Labute approximate surface area is 77.5 Å². The Balaban J connectivity index is 2.50. The Morgan fingerprint density at radius 3 is 2.85 bits per heavy atom. The standard InChI is InChI=1S/C11H11NO/c1-2-12-10-6-4-3-5-9(10)7-8-11(12)13/h2-6H,1,7-8H2. The van der Waals surface area contributed by atoms with Crippen molar-refractivity contribution in [3.8, 4) is 0 Å². The largest absolute Gasteiger partial charge is 0.288 e. The fourth-order valence-electron chi connectivity index (χ4n) is 1.65. The Bertz CT molecular complexity index is 357. The van der Waals surface area contributed by atoms with Gasteiger partial charge in [-0.1, -0.05) is 24.8 Å². The van der Waals surface area contributed by atoms with Crippen molar-refractivity contribution >= 4 is 11.6 Å². The number of hydrogen-bond donors (Lipinski definition) is 0. The van der Waals surface area contributed by atoms with E-state index in [-0.39, 0.29) is 5.91 Å². The van der Waals surface area contributed by atoms with Crippen LogP contribution in [0, 0.1) is 0 Å². The SMILES string of the molecule is C=CN1C(=O)CCc2ccccc21. The van der Waals surface area contributed by atoms with Crippen LogP contribution in [0.2, 0.25) is 0 Å². The van der Waals surface area contributed by atoms with Gasteiger partial charge < -0.3 is 0 Å². The predicted octanol–water partition coefficient (Wildman–Crippen LogP) is 2.11. The van der Waals surface area contributed by atoms with Crippen molar-refractivity contribution in [3.05, 3.63) is 42.6 Å². The van der Waals surface area contributed by atoms with Crippen molar-refractivity contribution in [2.75, 3.05) is 4.90 Å². The highest BCUT2D eigenvalue weighted by Crippen LogP contribution is 2.27. The molecule has 0 aromatic heterocycles. The number of carbonyl (C=O) groups is 1. The smallest absolute Gasteiger partial charge is 0.231 e. The zero-order chi connectivity index (χ0) is 9.26. The molecule has 66 valence electrons. The van der Waals surface area contributed by atoms with Crippen LogP contribution in [0.5, 0.6) is 0 Å². The van der Waals surface area contributed by atoms with E-state index in [0.29, 0.717) is 6.42 Å². The molecular formula is C11H11NO. The fraction of sp³-hybridized carbons (Fsp3) is 0.182. The van der Waals surface area contributed by atoms with Gasteiger partial charge in [-0.15, -0.1) is 0 Å². The molecule has 2 nitrogen and oxygen atoms in total. The van der Waals surface area contributed by atoms with E-state index in [2.05, 4.69) is 12.6 Å². The zero-order valence-electron chi connectivity index (χ0n) is 7.36.